The van der Waals surface area contributed by atoms with E-state index in [0.29, 0.717) is 19.3 Å². The molecule has 0 spiro atoms. The molecule has 0 aliphatic heterocycles. The first-order chi connectivity index (χ1) is 30.5. The summed E-state index contributed by atoms with van der Waals surface area (Å²) in [4.78, 5) is 26.1. The molecular formula is C56H99NO5. The van der Waals surface area contributed by atoms with Gasteiger partial charge in [0, 0.05) is 6.42 Å². The van der Waals surface area contributed by atoms with Crippen molar-refractivity contribution < 1.29 is 24.5 Å². The molecule has 0 aliphatic carbocycles. The van der Waals surface area contributed by atoms with Gasteiger partial charge in [-0.1, -0.05) is 222 Å². The molecule has 0 saturated carbocycles. The normalized spacial score (nSPS) is 13.8. The first-order valence-electron chi connectivity index (χ1n) is 26.2. The zero-order valence-electron chi connectivity index (χ0n) is 40.7. The summed E-state index contributed by atoms with van der Waals surface area (Å²) in [5.74, 6) is -0.588. The maximum atomic E-state index is 13.2. The molecule has 0 heterocycles. The van der Waals surface area contributed by atoms with Gasteiger partial charge in [0.05, 0.1) is 25.2 Å². The number of aliphatic hydroxyl groups excluding tert-OH is 2. The van der Waals surface area contributed by atoms with Crippen molar-refractivity contribution in [1.29, 1.82) is 0 Å². The number of amides is 1. The Kier molecular flexibility index (Phi) is 47.2. The van der Waals surface area contributed by atoms with Crippen molar-refractivity contribution in [2.45, 2.75) is 264 Å². The van der Waals surface area contributed by atoms with Gasteiger partial charge in [-0.25, -0.2) is 0 Å². The zero-order valence-corrected chi connectivity index (χ0v) is 40.7. The summed E-state index contributed by atoms with van der Waals surface area (Å²) < 4.78 is 5.89. The molecule has 0 bridgehead atoms. The molecule has 0 aliphatic rings. The predicted octanol–water partition coefficient (Wildman–Crippen LogP) is 15.8. The molecule has 0 aromatic heterocycles. The van der Waals surface area contributed by atoms with Gasteiger partial charge < -0.3 is 20.3 Å². The highest BCUT2D eigenvalue weighted by atomic mass is 16.5. The van der Waals surface area contributed by atoms with Gasteiger partial charge in [0.25, 0.3) is 0 Å². The largest absolute Gasteiger partial charge is 0.462 e. The lowest BCUT2D eigenvalue weighted by Gasteiger charge is -2.24. The van der Waals surface area contributed by atoms with Gasteiger partial charge in [0.2, 0.25) is 5.91 Å². The van der Waals surface area contributed by atoms with E-state index in [-0.39, 0.29) is 31.3 Å². The van der Waals surface area contributed by atoms with Gasteiger partial charge in [-0.3, -0.25) is 9.59 Å². The van der Waals surface area contributed by atoms with Crippen LogP contribution in [0.1, 0.15) is 245 Å². The number of hydrogen-bond acceptors (Lipinski definition) is 5. The van der Waals surface area contributed by atoms with E-state index in [4.69, 9.17) is 4.74 Å². The molecule has 62 heavy (non-hydrogen) atoms. The highest BCUT2D eigenvalue weighted by Gasteiger charge is 2.24. The van der Waals surface area contributed by atoms with E-state index in [1.165, 1.54) is 109 Å². The van der Waals surface area contributed by atoms with E-state index in [1.54, 1.807) is 0 Å². The third-order valence-electron chi connectivity index (χ3n) is 11.5. The second kappa shape index (κ2) is 49.3. The van der Waals surface area contributed by atoms with Crippen LogP contribution in [0.15, 0.2) is 72.9 Å². The van der Waals surface area contributed by atoms with Crippen LogP contribution in [-0.2, 0) is 14.3 Å². The zero-order chi connectivity index (χ0) is 45.2. The van der Waals surface area contributed by atoms with Gasteiger partial charge in [-0.2, -0.15) is 0 Å². The number of allylic oxidation sites excluding steroid dienone is 12. The van der Waals surface area contributed by atoms with Crippen LogP contribution in [0, 0.1) is 0 Å². The number of carbonyl (C=O) groups is 2. The van der Waals surface area contributed by atoms with Crippen LogP contribution in [0.5, 0.6) is 0 Å². The molecule has 358 valence electrons. The van der Waals surface area contributed by atoms with E-state index < -0.39 is 18.2 Å². The Morgan fingerprint density at radius 3 is 1.34 bits per heavy atom. The lowest BCUT2D eigenvalue weighted by atomic mass is 10.0. The van der Waals surface area contributed by atoms with Gasteiger partial charge in [0.1, 0.15) is 6.10 Å². The van der Waals surface area contributed by atoms with Gasteiger partial charge >= 0.3 is 5.97 Å². The second-order valence-electron chi connectivity index (χ2n) is 17.5. The fraction of sp³-hybridized carbons (Fsp3) is 0.750. The molecule has 6 heteroatoms. The minimum Gasteiger partial charge on any atom is -0.462 e. The Hall–Kier alpha value is -2.70. The van der Waals surface area contributed by atoms with Gasteiger partial charge in [-0.15, -0.1) is 0 Å². The van der Waals surface area contributed by atoms with Crippen LogP contribution in [0.2, 0.25) is 0 Å². The number of ether oxygens (including phenoxy) is 1. The van der Waals surface area contributed by atoms with Crippen LogP contribution < -0.4 is 5.32 Å². The monoisotopic (exact) mass is 866 g/mol. The fourth-order valence-electron chi connectivity index (χ4n) is 7.59. The van der Waals surface area contributed by atoms with E-state index >= 15 is 0 Å². The maximum Gasteiger partial charge on any atom is 0.306 e. The van der Waals surface area contributed by atoms with Crippen LogP contribution in [0.25, 0.3) is 0 Å². The Labute approximate surface area is 383 Å². The molecule has 3 atom stereocenters. The minimum absolute atomic E-state index is 0.0354. The highest BCUT2D eigenvalue weighted by Crippen LogP contribution is 2.17. The van der Waals surface area contributed by atoms with Crippen LogP contribution in [0.4, 0.5) is 0 Å². The predicted molar refractivity (Wildman–Crippen MR) is 268 cm³/mol. The number of unbranched alkanes of at least 4 members (excludes halogenated alkanes) is 22. The Morgan fingerprint density at radius 1 is 0.484 bits per heavy atom. The number of esters is 1. The van der Waals surface area contributed by atoms with Crippen LogP contribution >= 0.6 is 0 Å². The van der Waals surface area contributed by atoms with E-state index in [1.807, 2.05) is 6.08 Å². The smallest absolute Gasteiger partial charge is 0.306 e. The van der Waals surface area contributed by atoms with Crippen LogP contribution in [0.3, 0.4) is 0 Å². The van der Waals surface area contributed by atoms with Gasteiger partial charge in [0.15, 0.2) is 0 Å². The van der Waals surface area contributed by atoms with Crippen molar-refractivity contribution in [1.82, 2.24) is 5.32 Å². The van der Waals surface area contributed by atoms with Crippen molar-refractivity contribution in [2.75, 3.05) is 6.61 Å². The number of rotatable bonds is 46. The average molecular weight is 866 g/mol. The quantitative estimate of drug-likeness (QED) is 0.0322. The van der Waals surface area contributed by atoms with Crippen molar-refractivity contribution in [2.24, 2.45) is 0 Å². The molecular weight excluding hydrogens is 767 g/mol. The first kappa shape index (κ1) is 59.3. The standard InChI is InChI=1S/C56H99NO5/c1-4-7-10-13-16-19-22-25-27-28-31-34-37-40-43-46-49-56(61)62-52(47-44-41-38-35-32-30-26-23-20-17-14-11-8-5-2)50-55(60)57-53(51-58)54(59)48-45-42-39-36-33-29-24-21-18-15-12-9-6-3/h7,10,16,19,25,27,30-32,34,40,43,52-54,58-59H,4-6,8-9,11-15,17-18,20-24,26,28-29,33,35-39,41-42,44-51H2,1-3H3,(H,57,60)/b10-7+,19-16+,27-25+,32-30+,34-31+,43-40+. The molecule has 0 fully saturated rings. The SMILES string of the molecule is CC/C=C/C/C=C/C/C=C/C/C=C/C/C=C/CCC(=O)OC(CCCCC/C=C/CCCCCCCCC)CC(=O)NC(CO)C(O)CCCCCCCCCCCCCCC. The number of hydrogen-bond donors (Lipinski definition) is 3. The summed E-state index contributed by atoms with van der Waals surface area (Å²) in [6.45, 7) is 6.35. The molecule has 0 saturated heterocycles. The first-order valence-corrected chi connectivity index (χ1v) is 26.2. The lowest BCUT2D eigenvalue weighted by molar-refractivity contribution is -0.150. The molecule has 6 nitrogen and oxygen atoms in total. The number of aliphatic hydroxyl groups is 2. The third kappa shape index (κ3) is 43.9. The summed E-state index contributed by atoms with van der Waals surface area (Å²) in [6.07, 6.45) is 62.5. The molecule has 0 radical (unpaired) electrons. The Bertz CT molecular complexity index is 1150. The summed E-state index contributed by atoms with van der Waals surface area (Å²) >= 11 is 0. The number of nitrogens with one attached hydrogen (secondary N) is 1. The number of carbonyl (C=O) groups excluding carboxylic acids is 2. The van der Waals surface area contributed by atoms with Crippen molar-refractivity contribution in [3.63, 3.8) is 0 Å². The lowest BCUT2D eigenvalue weighted by Crippen LogP contribution is -2.46. The fourth-order valence-corrected chi connectivity index (χ4v) is 7.59. The van der Waals surface area contributed by atoms with Crippen molar-refractivity contribution in [3.05, 3.63) is 72.9 Å². The van der Waals surface area contributed by atoms with Gasteiger partial charge in [-0.05, 0) is 83.5 Å². The minimum atomic E-state index is -0.806. The summed E-state index contributed by atoms with van der Waals surface area (Å²) in [5.41, 5.74) is 0. The molecule has 0 aromatic rings. The Balaban J connectivity index is 4.71. The summed E-state index contributed by atoms with van der Waals surface area (Å²) in [5, 5.41) is 23.8. The summed E-state index contributed by atoms with van der Waals surface area (Å²) in [6, 6.07) is -0.723. The van der Waals surface area contributed by atoms with Crippen molar-refractivity contribution in [3.8, 4) is 0 Å². The molecule has 0 aromatic carbocycles. The summed E-state index contributed by atoms with van der Waals surface area (Å²) in [7, 11) is 0. The second-order valence-corrected chi connectivity index (χ2v) is 17.5. The van der Waals surface area contributed by atoms with E-state index in [9.17, 15) is 19.8 Å². The highest BCUT2D eigenvalue weighted by molar-refractivity contribution is 5.77. The maximum absolute atomic E-state index is 13.2. The molecule has 3 unspecified atom stereocenters. The molecule has 3 N–H and O–H groups in total. The average Bonchev–Trinajstić information content (AvgIpc) is 3.26. The van der Waals surface area contributed by atoms with Crippen LogP contribution in [-0.4, -0.2) is 46.9 Å². The van der Waals surface area contributed by atoms with Crippen molar-refractivity contribution >= 4 is 11.9 Å². The third-order valence-corrected chi connectivity index (χ3v) is 11.5. The topological polar surface area (TPSA) is 95.9 Å². The molecule has 1 amide bonds. The Morgan fingerprint density at radius 2 is 0.871 bits per heavy atom. The molecule has 0 rings (SSSR count). The van der Waals surface area contributed by atoms with E-state index in [0.717, 1.165) is 83.5 Å². The van der Waals surface area contributed by atoms with E-state index in [2.05, 4.69) is 92.9 Å².